The molecule has 0 saturated heterocycles. The fourth-order valence-corrected chi connectivity index (χ4v) is 0.925. The molecule has 88 valence electrons. The second-order valence-corrected chi connectivity index (χ2v) is 2.95. The van der Waals surface area contributed by atoms with Crippen LogP contribution in [0.15, 0.2) is 12.3 Å². The Morgan fingerprint density at radius 2 is 1.88 bits per heavy atom. The fraction of sp³-hybridized carbons (Fsp3) is 0.455. The minimum atomic E-state index is -0.680. The average molecular weight is 224 g/mol. The molecule has 0 aliphatic heterocycles. The molecule has 0 fully saturated rings. The van der Waals surface area contributed by atoms with Gasteiger partial charge in [0.05, 0.1) is 6.42 Å². The van der Waals surface area contributed by atoms with Crippen molar-refractivity contribution in [1.82, 2.24) is 9.78 Å². The number of aromatic nitrogens is 2. The lowest BCUT2D eigenvalue weighted by Crippen LogP contribution is -2.15. The molecule has 0 aliphatic carbocycles. The topological polar surface area (TPSA) is 69.0 Å². The zero-order valence-electron chi connectivity index (χ0n) is 9.98. The highest BCUT2D eigenvalue weighted by Crippen LogP contribution is 2.00. The minimum Gasteiger partial charge on any atom is -0.292 e. The Morgan fingerprint density at radius 1 is 1.31 bits per heavy atom. The van der Waals surface area contributed by atoms with E-state index < -0.39 is 23.8 Å². The molecule has 1 aromatic rings. The molecule has 0 aromatic carbocycles. The molecule has 0 saturated carbocycles. The Hall–Kier alpha value is -1.78. The van der Waals surface area contributed by atoms with E-state index in [0.29, 0.717) is 0 Å². The van der Waals surface area contributed by atoms with Gasteiger partial charge in [-0.2, -0.15) is 5.10 Å². The molecule has 0 aliphatic rings. The first-order valence-corrected chi connectivity index (χ1v) is 5.07. The molecule has 16 heavy (non-hydrogen) atoms. The van der Waals surface area contributed by atoms with Gasteiger partial charge in [0.2, 0.25) is 5.78 Å². The molecular formula is C11H16N2O3. The summed E-state index contributed by atoms with van der Waals surface area (Å²) in [5, 5.41) is 3.83. The third-order valence-electron chi connectivity index (χ3n) is 1.71. The number of aryl methyl sites for hydroxylation is 1. The predicted molar refractivity (Wildman–Crippen MR) is 59.2 cm³/mol. The lowest BCUT2D eigenvalue weighted by atomic mass is 10.1. The van der Waals surface area contributed by atoms with Gasteiger partial charge in [0, 0.05) is 20.2 Å². The van der Waals surface area contributed by atoms with Crippen molar-refractivity contribution in [1.29, 1.82) is 0 Å². The molecule has 0 unspecified atom stereocenters. The highest BCUT2D eigenvalue weighted by molar-refractivity contribution is 6.40. The van der Waals surface area contributed by atoms with E-state index in [1.807, 2.05) is 13.8 Å². The monoisotopic (exact) mass is 224 g/mol. The number of Topliss-reactive ketones (excluding diaryl/α,β-unsaturated/α-hetero) is 3. The molecule has 0 bridgehead atoms. The van der Waals surface area contributed by atoms with Crippen LogP contribution in [0.2, 0.25) is 0 Å². The van der Waals surface area contributed by atoms with Crippen LogP contribution in [-0.2, 0) is 16.6 Å². The van der Waals surface area contributed by atoms with E-state index in [4.69, 9.17) is 0 Å². The average Bonchev–Trinajstić information content (AvgIpc) is 2.67. The van der Waals surface area contributed by atoms with Gasteiger partial charge < -0.3 is 0 Å². The Balaban J connectivity index is 0.00000106. The van der Waals surface area contributed by atoms with Crippen molar-refractivity contribution in [3.8, 4) is 0 Å². The molecular weight excluding hydrogens is 208 g/mol. The number of hydrogen-bond donors (Lipinski definition) is 0. The van der Waals surface area contributed by atoms with Crippen LogP contribution in [0.3, 0.4) is 0 Å². The summed E-state index contributed by atoms with van der Waals surface area (Å²) in [6.45, 7) is 5.15. The van der Waals surface area contributed by atoms with Crippen molar-refractivity contribution in [2.24, 2.45) is 7.05 Å². The largest absolute Gasteiger partial charge is 0.292 e. The van der Waals surface area contributed by atoms with Gasteiger partial charge in [0.15, 0.2) is 11.6 Å². The molecule has 1 aromatic heterocycles. The van der Waals surface area contributed by atoms with Crippen molar-refractivity contribution < 1.29 is 14.4 Å². The second-order valence-electron chi connectivity index (χ2n) is 2.95. The molecule has 0 N–H and O–H groups in total. The van der Waals surface area contributed by atoms with Crippen LogP contribution in [0.5, 0.6) is 0 Å². The van der Waals surface area contributed by atoms with Gasteiger partial charge in [-0.15, -0.1) is 0 Å². The van der Waals surface area contributed by atoms with Gasteiger partial charge in [-0.05, 0) is 6.07 Å². The summed E-state index contributed by atoms with van der Waals surface area (Å²) in [6, 6.07) is 1.51. The van der Waals surface area contributed by atoms with Gasteiger partial charge in [-0.25, -0.2) is 0 Å². The van der Waals surface area contributed by atoms with Gasteiger partial charge in [-0.1, -0.05) is 13.8 Å². The molecule has 5 heteroatoms. The van der Waals surface area contributed by atoms with E-state index in [1.165, 1.54) is 10.7 Å². The molecule has 0 atom stereocenters. The van der Waals surface area contributed by atoms with E-state index >= 15 is 0 Å². The fourth-order valence-electron chi connectivity index (χ4n) is 0.925. The SMILES string of the molecule is CC.CC(=O)C(=O)CC(=O)c1ccn(C)n1. The third kappa shape index (κ3) is 4.16. The second kappa shape index (κ2) is 6.66. The van der Waals surface area contributed by atoms with Crippen LogP contribution in [0.25, 0.3) is 0 Å². The lowest BCUT2D eigenvalue weighted by molar-refractivity contribution is -0.134. The Bertz CT molecular complexity index is 394. The molecule has 1 rings (SSSR count). The number of carbonyl (C=O) groups excluding carboxylic acids is 3. The van der Waals surface area contributed by atoms with Gasteiger partial charge in [-0.3, -0.25) is 19.1 Å². The molecule has 0 spiro atoms. The molecule has 0 radical (unpaired) electrons. The van der Waals surface area contributed by atoms with Crippen LogP contribution in [0, 0.1) is 0 Å². The lowest BCUT2D eigenvalue weighted by Gasteiger charge is -1.93. The quantitative estimate of drug-likeness (QED) is 0.437. The van der Waals surface area contributed by atoms with Crippen LogP contribution >= 0.6 is 0 Å². The first-order chi connectivity index (χ1) is 7.50. The van der Waals surface area contributed by atoms with Gasteiger partial charge in [0.25, 0.3) is 0 Å². The number of nitrogens with zero attached hydrogens (tertiary/aromatic N) is 2. The summed E-state index contributed by atoms with van der Waals surface area (Å²) in [6.07, 6.45) is 1.21. The van der Waals surface area contributed by atoms with Crippen LogP contribution in [0.4, 0.5) is 0 Å². The van der Waals surface area contributed by atoms with E-state index in [1.54, 1.807) is 13.2 Å². The van der Waals surface area contributed by atoms with Crippen LogP contribution in [-0.4, -0.2) is 27.1 Å². The maximum absolute atomic E-state index is 11.3. The number of carbonyl (C=O) groups is 3. The highest BCUT2D eigenvalue weighted by atomic mass is 16.2. The maximum atomic E-state index is 11.3. The van der Waals surface area contributed by atoms with Crippen LogP contribution < -0.4 is 0 Å². The maximum Gasteiger partial charge on any atom is 0.205 e. The first-order valence-electron chi connectivity index (χ1n) is 5.07. The van der Waals surface area contributed by atoms with Crippen molar-refractivity contribution in [2.75, 3.05) is 0 Å². The normalized spacial score (nSPS) is 9.00. The summed E-state index contributed by atoms with van der Waals surface area (Å²) >= 11 is 0. The Kier molecular flexibility index (Phi) is 5.92. The standard InChI is InChI=1S/C9H10N2O3.C2H6/c1-6(12)8(13)5-9(14)7-3-4-11(2)10-7;1-2/h3-4H,5H2,1-2H3;1-2H3. The highest BCUT2D eigenvalue weighted by Gasteiger charge is 2.16. The zero-order chi connectivity index (χ0) is 12.7. The Morgan fingerprint density at radius 3 is 2.25 bits per heavy atom. The molecule has 1 heterocycles. The number of hydrogen-bond acceptors (Lipinski definition) is 4. The van der Waals surface area contributed by atoms with Crippen molar-refractivity contribution in [3.05, 3.63) is 18.0 Å². The van der Waals surface area contributed by atoms with Crippen molar-refractivity contribution in [3.63, 3.8) is 0 Å². The minimum absolute atomic E-state index is 0.210. The molecule has 0 amide bonds. The van der Waals surface area contributed by atoms with Crippen molar-refractivity contribution >= 4 is 17.3 Å². The van der Waals surface area contributed by atoms with Gasteiger partial charge in [0.1, 0.15) is 5.69 Å². The summed E-state index contributed by atoms with van der Waals surface area (Å²) < 4.78 is 1.46. The summed E-state index contributed by atoms with van der Waals surface area (Å²) in [5.74, 6) is -1.71. The summed E-state index contributed by atoms with van der Waals surface area (Å²) in [4.78, 5) is 32.8. The number of ketones is 3. The summed E-state index contributed by atoms with van der Waals surface area (Å²) in [5.41, 5.74) is 0.210. The van der Waals surface area contributed by atoms with E-state index in [2.05, 4.69) is 5.10 Å². The van der Waals surface area contributed by atoms with E-state index in [-0.39, 0.29) is 5.69 Å². The van der Waals surface area contributed by atoms with E-state index in [9.17, 15) is 14.4 Å². The van der Waals surface area contributed by atoms with Crippen LogP contribution in [0.1, 0.15) is 37.7 Å². The zero-order valence-corrected chi connectivity index (χ0v) is 9.98. The molecule has 5 nitrogen and oxygen atoms in total. The van der Waals surface area contributed by atoms with E-state index in [0.717, 1.165) is 6.92 Å². The van der Waals surface area contributed by atoms with Gasteiger partial charge >= 0.3 is 0 Å². The number of rotatable bonds is 4. The smallest absolute Gasteiger partial charge is 0.205 e. The third-order valence-corrected chi connectivity index (χ3v) is 1.71. The summed E-state index contributed by atoms with van der Waals surface area (Å²) in [7, 11) is 1.67. The predicted octanol–water partition coefficient (Wildman–Crippen LogP) is 1.18. The Labute approximate surface area is 94.4 Å². The first kappa shape index (κ1) is 14.2. The van der Waals surface area contributed by atoms with Crippen molar-refractivity contribution in [2.45, 2.75) is 27.2 Å².